The van der Waals surface area contributed by atoms with E-state index in [0.717, 1.165) is 11.3 Å². The quantitative estimate of drug-likeness (QED) is 0.749. The first kappa shape index (κ1) is 18.0. The van der Waals surface area contributed by atoms with Gasteiger partial charge in [0.15, 0.2) is 5.82 Å². The van der Waals surface area contributed by atoms with Gasteiger partial charge in [0.25, 0.3) is 5.56 Å². The van der Waals surface area contributed by atoms with Crippen LogP contribution in [0.2, 0.25) is 0 Å². The van der Waals surface area contributed by atoms with Gasteiger partial charge in [-0.3, -0.25) is 14.6 Å². The van der Waals surface area contributed by atoms with E-state index in [4.69, 9.17) is 0 Å². The van der Waals surface area contributed by atoms with Crippen LogP contribution >= 0.6 is 0 Å². The van der Waals surface area contributed by atoms with Gasteiger partial charge in [0, 0.05) is 19.2 Å². The number of aryl methyl sites for hydroxylation is 1. The minimum atomic E-state index is -0.338. The van der Waals surface area contributed by atoms with Gasteiger partial charge >= 0.3 is 0 Å². The average Bonchev–Trinajstić information content (AvgIpc) is 2.70. The molecule has 0 saturated carbocycles. The van der Waals surface area contributed by atoms with Crippen molar-refractivity contribution in [3.05, 3.63) is 75.3 Å². The maximum atomic E-state index is 13.0. The average molecular weight is 379 g/mol. The molecule has 3 heterocycles. The zero-order valence-corrected chi connectivity index (χ0v) is 15.3. The molecule has 3 aromatic rings. The van der Waals surface area contributed by atoms with Crippen LogP contribution in [0.4, 0.5) is 4.39 Å². The molecule has 0 radical (unpaired) electrons. The summed E-state index contributed by atoms with van der Waals surface area (Å²) < 4.78 is 13.0. The molecule has 7 nitrogen and oxygen atoms in total. The Kier molecular flexibility index (Phi) is 4.68. The van der Waals surface area contributed by atoms with E-state index < -0.39 is 0 Å². The fourth-order valence-corrected chi connectivity index (χ4v) is 3.16. The summed E-state index contributed by atoms with van der Waals surface area (Å²) in [6.45, 7) is 2.51. The van der Waals surface area contributed by atoms with Crippen LogP contribution in [-0.2, 0) is 24.2 Å². The van der Waals surface area contributed by atoms with Crippen LogP contribution in [0.5, 0.6) is 0 Å². The second-order valence-corrected chi connectivity index (χ2v) is 6.75. The minimum absolute atomic E-state index is 0.106. The first-order valence-electron chi connectivity index (χ1n) is 8.93. The van der Waals surface area contributed by atoms with Crippen LogP contribution < -0.4 is 5.56 Å². The number of nitrogens with one attached hydrogen (secondary N) is 1. The van der Waals surface area contributed by atoms with Crippen LogP contribution in [0.1, 0.15) is 22.5 Å². The standard InChI is InChI=1S/C20H18FN5O2/c1-12-9-23-17(10-22-12)19-24-16-6-7-26(11-15(16)20(28)25-19)18(27)8-13-2-4-14(21)5-3-13/h2-5,9-10H,6-8,11H2,1H3,(H,24,25,28). The highest BCUT2D eigenvalue weighted by Crippen LogP contribution is 2.18. The van der Waals surface area contributed by atoms with Crippen LogP contribution in [-0.4, -0.2) is 37.3 Å². The third kappa shape index (κ3) is 3.66. The summed E-state index contributed by atoms with van der Waals surface area (Å²) in [6, 6.07) is 5.85. The summed E-state index contributed by atoms with van der Waals surface area (Å²) in [5.74, 6) is -0.0674. The molecular weight excluding hydrogens is 361 g/mol. The molecule has 0 saturated heterocycles. The molecule has 142 valence electrons. The second-order valence-electron chi connectivity index (χ2n) is 6.75. The second kappa shape index (κ2) is 7.30. The molecule has 1 amide bonds. The molecule has 0 atom stereocenters. The maximum absolute atomic E-state index is 13.0. The van der Waals surface area contributed by atoms with E-state index in [1.54, 1.807) is 29.4 Å². The van der Waals surface area contributed by atoms with E-state index in [1.807, 2.05) is 6.92 Å². The van der Waals surface area contributed by atoms with Gasteiger partial charge < -0.3 is 9.88 Å². The number of hydrogen-bond donors (Lipinski definition) is 1. The number of rotatable bonds is 3. The first-order valence-corrected chi connectivity index (χ1v) is 8.93. The first-order chi connectivity index (χ1) is 13.5. The molecule has 0 bridgehead atoms. The third-order valence-electron chi connectivity index (χ3n) is 4.71. The Morgan fingerprint density at radius 2 is 2.00 bits per heavy atom. The van der Waals surface area contributed by atoms with Gasteiger partial charge in [-0.2, -0.15) is 0 Å². The van der Waals surface area contributed by atoms with Crippen molar-refractivity contribution in [1.29, 1.82) is 0 Å². The summed E-state index contributed by atoms with van der Waals surface area (Å²) >= 11 is 0. The van der Waals surface area contributed by atoms with Crippen molar-refractivity contribution in [2.24, 2.45) is 0 Å². The summed E-state index contributed by atoms with van der Waals surface area (Å²) in [6.07, 6.45) is 3.84. The number of H-pyrrole nitrogens is 1. The molecular formula is C20H18FN5O2. The molecule has 0 spiro atoms. The highest BCUT2D eigenvalue weighted by atomic mass is 19.1. The lowest BCUT2D eigenvalue weighted by Crippen LogP contribution is -2.40. The van der Waals surface area contributed by atoms with Gasteiger partial charge in [0.05, 0.1) is 36.1 Å². The topological polar surface area (TPSA) is 91.8 Å². The van der Waals surface area contributed by atoms with Crippen LogP contribution in [0.25, 0.3) is 11.5 Å². The maximum Gasteiger partial charge on any atom is 0.256 e. The molecule has 1 aliphatic rings. The van der Waals surface area contributed by atoms with Crippen LogP contribution in [0.15, 0.2) is 41.5 Å². The van der Waals surface area contributed by atoms with E-state index in [-0.39, 0.29) is 30.2 Å². The summed E-state index contributed by atoms with van der Waals surface area (Å²) in [7, 11) is 0. The number of amides is 1. The van der Waals surface area contributed by atoms with Crippen molar-refractivity contribution in [3.8, 4) is 11.5 Å². The Labute approximate surface area is 160 Å². The Morgan fingerprint density at radius 3 is 2.71 bits per heavy atom. The monoisotopic (exact) mass is 379 g/mol. The van der Waals surface area contributed by atoms with Gasteiger partial charge in [-0.15, -0.1) is 0 Å². The third-order valence-corrected chi connectivity index (χ3v) is 4.71. The molecule has 28 heavy (non-hydrogen) atoms. The minimum Gasteiger partial charge on any atom is -0.337 e. The fraction of sp³-hybridized carbons (Fsp3) is 0.250. The van der Waals surface area contributed by atoms with Gasteiger partial charge in [0.2, 0.25) is 5.91 Å². The molecule has 0 aliphatic carbocycles. The lowest BCUT2D eigenvalue weighted by atomic mass is 10.1. The normalized spacial score (nSPS) is 13.3. The van der Waals surface area contributed by atoms with E-state index in [1.165, 1.54) is 12.1 Å². The van der Waals surface area contributed by atoms with E-state index >= 15 is 0 Å². The molecule has 1 aromatic carbocycles. The largest absolute Gasteiger partial charge is 0.337 e. The molecule has 4 rings (SSSR count). The summed E-state index contributed by atoms with van der Waals surface area (Å²) in [4.78, 5) is 42.5. The number of carbonyl (C=O) groups is 1. The van der Waals surface area contributed by atoms with Crippen molar-refractivity contribution < 1.29 is 9.18 Å². The number of hydrogen-bond acceptors (Lipinski definition) is 5. The molecule has 1 N–H and O–H groups in total. The van der Waals surface area contributed by atoms with Crippen LogP contribution in [0, 0.1) is 12.7 Å². The van der Waals surface area contributed by atoms with Crippen molar-refractivity contribution >= 4 is 5.91 Å². The Morgan fingerprint density at radius 1 is 1.21 bits per heavy atom. The smallest absolute Gasteiger partial charge is 0.256 e. The number of fused-ring (bicyclic) bond motifs is 1. The summed E-state index contributed by atoms with van der Waals surface area (Å²) in [5.41, 5.74) is 2.90. The number of benzene rings is 1. The number of aromatic nitrogens is 4. The Balaban J connectivity index is 1.53. The van der Waals surface area contributed by atoms with Gasteiger partial charge in [-0.05, 0) is 24.6 Å². The van der Waals surface area contributed by atoms with E-state index in [2.05, 4.69) is 19.9 Å². The SMILES string of the molecule is Cc1cnc(-c2nc3c(c(=O)[nH]2)CN(C(=O)Cc2ccc(F)cc2)CC3)cn1. The Bertz CT molecular complexity index is 1080. The zero-order chi connectivity index (χ0) is 19.7. The predicted octanol–water partition coefficient (Wildman–Crippen LogP) is 1.80. The van der Waals surface area contributed by atoms with Crippen molar-refractivity contribution in [3.63, 3.8) is 0 Å². The molecule has 1 aliphatic heterocycles. The van der Waals surface area contributed by atoms with Crippen LogP contribution in [0.3, 0.4) is 0 Å². The molecule has 2 aromatic heterocycles. The van der Waals surface area contributed by atoms with Gasteiger partial charge in [0.1, 0.15) is 11.5 Å². The van der Waals surface area contributed by atoms with Crippen molar-refractivity contribution in [2.45, 2.75) is 26.3 Å². The zero-order valence-electron chi connectivity index (χ0n) is 15.3. The Hall–Kier alpha value is -3.42. The van der Waals surface area contributed by atoms with Gasteiger partial charge in [-0.25, -0.2) is 14.4 Å². The number of halogens is 1. The van der Waals surface area contributed by atoms with Crippen molar-refractivity contribution in [1.82, 2.24) is 24.8 Å². The number of aromatic amines is 1. The highest BCUT2D eigenvalue weighted by Gasteiger charge is 2.25. The molecule has 0 fully saturated rings. The molecule has 8 heteroatoms. The van der Waals surface area contributed by atoms with E-state index in [0.29, 0.717) is 35.7 Å². The molecule has 0 unspecified atom stereocenters. The summed E-state index contributed by atoms with van der Waals surface area (Å²) in [5, 5.41) is 0. The van der Waals surface area contributed by atoms with E-state index in [9.17, 15) is 14.0 Å². The highest BCUT2D eigenvalue weighted by molar-refractivity contribution is 5.79. The fourth-order valence-electron chi connectivity index (χ4n) is 3.16. The predicted molar refractivity (Wildman–Crippen MR) is 99.8 cm³/mol. The number of carbonyl (C=O) groups excluding carboxylic acids is 1. The lowest BCUT2D eigenvalue weighted by molar-refractivity contribution is -0.131. The van der Waals surface area contributed by atoms with Crippen molar-refractivity contribution in [2.75, 3.05) is 6.54 Å². The number of nitrogens with zero attached hydrogens (tertiary/aromatic N) is 4. The lowest BCUT2D eigenvalue weighted by Gasteiger charge is -2.28. The van der Waals surface area contributed by atoms with Gasteiger partial charge in [-0.1, -0.05) is 12.1 Å².